The third kappa shape index (κ3) is 2.93. The third-order valence-electron chi connectivity index (χ3n) is 4.79. The van der Waals surface area contributed by atoms with Gasteiger partial charge in [-0.15, -0.1) is 0 Å². The van der Waals surface area contributed by atoms with E-state index in [1.54, 1.807) is 13.2 Å². The lowest BCUT2D eigenvalue weighted by Crippen LogP contribution is -2.29. The molecule has 1 aliphatic heterocycles. The molecule has 6 nitrogen and oxygen atoms in total. The molecule has 0 amide bonds. The van der Waals surface area contributed by atoms with Gasteiger partial charge in [-0.05, 0) is 36.8 Å². The van der Waals surface area contributed by atoms with Crippen LogP contribution in [0.25, 0.3) is 11.0 Å². The molecule has 4 rings (SSSR count). The summed E-state index contributed by atoms with van der Waals surface area (Å²) in [5, 5.41) is 3.26. The Kier molecular flexibility index (Phi) is 4.61. The van der Waals surface area contributed by atoms with E-state index in [0.29, 0.717) is 17.2 Å². The maximum Gasteiger partial charge on any atom is 0.338 e. The maximum atomic E-state index is 12.9. The molecule has 2 heterocycles. The number of anilines is 1. The number of carbonyl (C=O) groups excluding carboxylic acids is 1. The highest BCUT2D eigenvalue weighted by atomic mass is 16.5. The van der Waals surface area contributed by atoms with E-state index in [0.717, 1.165) is 22.3 Å². The zero-order valence-corrected chi connectivity index (χ0v) is 15.8. The number of nitrogens with zero attached hydrogens (tertiary/aromatic N) is 2. The van der Waals surface area contributed by atoms with Gasteiger partial charge in [0.05, 0.1) is 29.8 Å². The van der Waals surface area contributed by atoms with E-state index in [1.807, 2.05) is 60.0 Å². The van der Waals surface area contributed by atoms with Crippen molar-refractivity contribution in [1.82, 2.24) is 9.55 Å². The second kappa shape index (κ2) is 7.23. The summed E-state index contributed by atoms with van der Waals surface area (Å²) in [6.07, 6.45) is 1.56. The highest BCUT2D eigenvalue weighted by molar-refractivity contribution is 5.94. The quantitative estimate of drug-likeness (QED) is 0.538. The number of rotatable bonds is 5. The second-order valence-corrected chi connectivity index (χ2v) is 6.52. The van der Waals surface area contributed by atoms with Gasteiger partial charge < -0.3 is 14.8 Å². The molecule has 1 atom stereocenters. The summed E-state index contributed by atoms with van der Waals surface area (Å²) < 4.78 is 12.8. The van der Waals surface area contributed by atoms with Gasteiger partial charge in [-0.1, -0.05) is 36.9 Å². The molecule has 1 aromatic heterocycles. The van der Waals surface area contributed by atoms with Crippen LogP contribution in [0.5, 0.6) is 5.75 Å². The van der Waals surface area contributed by atoms with Gasteiger partial charge in [0.1, 0.15) is 12.4 Å². The number of hydrogen-bond donors (Lipinski definition) is 1. The zero-order valence-electron chi connectivity index (χ0n) is 15.8. The summed E-state index contributed by atoms with van der Waals surface area (Å²) in [5.74, 6) is 1.02. The first-order chi connectivity index (χ1) is 13.6. The van der Waals surface area contributed by atoms with Crippen LogP contribution in [0.4, 0.5) is 5.95 Å². The molecule has 28 heavy (non-hydrogen) atoms. The van der Waals surface area contributed by atoms with Crippen molar-refractivity contribution in [1.29, 1.82) is 0 Å². The van der Waals surface area contributed by atoms with Crippen LogP contribution in [0.1, 0.15) is 18.5 Å². The predicted molar refractivity (Wildman–Crippen MR) is 108 cm³/mol. The molecule has 6 heteroatoms. The average Bonchev–Trinajstić information content (AvgIpc) is 3.08. The van der Waals surface area contributed by atoms with Gasteiger partial charge in [-0.3, -0.25) is 4.57 Å². The average molecular weight is 375 g/mol. The first-order valence-electron chi connectivity index (χ1n) is 9.00. The first-order valence-corrected chi connectivity index (χ1v) is 9.00. The molecule has 142 valence electrons. The van der Waals surface area contributed by atoms with Crippen LogP contribution in [-0.4, -0.2) is 29.2 Å². The predicted octanol–water partition coefficient (Wildman–Crippen LogP) is 4.06. The van der Waals surface area contributed by atoms with E-state index in [4.69, 9.17) is 14.5 Å². The standard InChI is InChI=1S/C22H21N3O3/c1-4-12-28-21(26)19-14(2)23-22-24-17-10-5-6-11-18(17)25(22)20(19)15-8-7-9-16(13-15)27-3/h4-11,13,20H,1,12H2,2-3H3,(H,23,24)/t20-/m1/s1. The van der Waals surface area contributed by atoms with E-state index < -0.39 is 6.04 Å². The van der Waals surface area contributed by atoms with Crippen molar-refractivity contribution in [3.8, 4) is 5.75 Å². The van der Waals surface area contributed by atoms with Gasteiger partial charge in [0, 0.05) is 5.70 Å². The number of benzene rings is 2. The minimum atomic E-state index is -0.393. The Morgan fingerprint density at radius 1 is 1.29 bits per heavy atom. The molecule has 1 N–H and O–H groups in total. The number of fused-ring (bicyclic) bond motifs is 3. The maximum absolute atomic E-state index is 12.9. The van der Waals surface area contributed by atoms with Gasteiger partial charge in [-0.25, -0.2) is 9.78 Å². The molecule has 1 aliphatic rings. The fourth-order valence-electron chi connectivity index (χ4n) is 3.57. The SMILES string of the molecule is C=CCOC(=O)C1=C(C)Nc2nc3ccccc3n2[C@@H]1c1cccc(OC)c1. The van der Waals surface area contributed by atoms with Crippen LogP contribution < -0.4 is 10.1 Å². The van der Waals surface area contributed by atoms with Crippen molar-refractivity contribution in [3.05, 3.63) is 78.0 Å². The number of ether oxygens (including phenoxy) is 2. The van der Waals surface area contributed by atoms with Crippen LogP contribution >= 0.6 is 0 Å². The number of hydrogen-bond acceptors (Lipinski definition) is 5. The van der Waals surface area contributed by atoms with Gasteiger partial charge in [0.2, 0.25) is 5.95 Å². The summed E-state index contributed by atoms with van der Waals surface area (Å²) in [4.78, 5) is 17.6. The monoisotopic (exact) mass is 375 g/mol. The Bertz CT molecular complexity index is 1100. The van der Waals surface area contributed by atoms with E-state index >= 15 is 0 Å². The van der Waals surface area contributed by atoms with E-state index in [9.17, 15) is 4.79 Å². The summed E-state index contributed by atoms with van der Waals surface area (Å²) in [7, 11) is 1.62. The van der Waals surface area contributed by atoms with E-state index in [-0.39, 0.29) is 12.6 Å². The lowest BCUT2D eigenvalue weighted by molar-refractivity contribution is -0.138. The minimum Gasteiger partial charge on any atom is -0.497 e. The number of methoxy groups -OCH3 is 1. The molecule has 0 spiro atoms. The molecule has 2 aromatic carbocycles. The Hall–Kier alpha value is -3.54. The minimum absolute atomic E-state index is 0.151. The largest absolute Gasteiger partial charge is 0.497 e. The molecule has 0 fully saturated rings. The normalized spacial score (nSPS) is 15.7. The van der Waals surface area contributed by atoms with Crippen molar-refractivity contribution in [2.24, 2.45) is 0 Å². The topological polar surface area (TPSA) is 65.4 Å². The Morgan fingerprint density at radius 2 is 2.11 bits per heavy atom. The lowest BCUT2D eigenvalue weighted by Gasteiger charge is -2.30. The molecule has 0 radical (unpaired) electrons. The summed E-state index contributed by atoms with van der Waals surface area (Å²) >= 11 is 0. The highest BCUT2D eigenvalue weighted by Gasteiger charge is 2.35. The molecule has 0 saturated carbocycles. The van der Waals surface area contributed by atoms with Gasteiger partial charge in [0.25, 0.3) is 0 Å². The number of aromatic nitrogens is 2. The highest BCUT2D eigenvalue weighted by Crippen LogP contribution is 2.40. The Balaban J connectivity index is 1.94. The molecule has 3 aromatic rings. The van der Waals surface area contributed by atoms with Crippen molar-refractivity contribution in [3.63, 3.8) is 0 Å². The van der Waals surface area contributed by atoms with Gasteiger partial charge in [0.15, 0.2) is 0 Å². The Morgan fingerprint density at radius 3 is 2.89 bits per heavy atom. The zero-order chi connectivity index (χ0) is 19.7. The molecular formula is C22H21N3O3. The van der Waals surface area contributed by atoms with Crippen molar-refractivity contribution in [2.45, 2.75) is 13.0 Å². The van der Waals surface area contributed by atoms with Crippen molar-refractivity contribution < 1.29 is 14.3 Å². The summed E-state index contributed by atoms with van der Waals surface area (Å²) in [5.41, 5.74) is 3.94. The first kappa shape index (κ1) is 17.9. The number of allylic oxidation sites excluding steroid dienone is 1. The third-order valence-corrected chi connectivity index (χ3v) is 4.79. The molecule has 0 unspecified atom stereocenters. The molecular weight excluding hydrogens is 354 g/mol. The van der Waals surface area contributed by atoms with Crippen LogP contribution in [0, 0.1) is 0 Å². The number of esters is 1. The number of carbonyl (C=O) groups is 1. The van der Waals surface area contributed by atoms with Crippen LogP contribution in [0.2, 0.25) is 0 Å². The number of imidazole rings is 1. The van der Waals surface area contributed by atoms with Crippen molar-refractivity contribution in [2.75, 3.05) is 19.0 Å². The second-order valence-electron chi connectivity index (χ2n) is 6.52. The molecule has 0 aliphatic carbocycles. The van der Waals surface area contributed by atoms with Crippen LogP contribution in [0.15, 0.2) is 72.5 Å². The van der Waals surface area contributed by atoms with Crippen LogP contribution in [0.3, 0.4) is 0 Å². The van der Waals surface area contributed by atoms with Gasteiger partial charge >= 0.3 is 5.97 Å². The lowest BCUT2D eigenvalue weighted by atomic mass is 9.95. The van der Waals surface area contributed by atoms with Crippen LogP contribution in [-0.2, 0) is 9.53 Å². The summed E-state index contributed by atoms with van der Waals surface area (Å²) in [6, 6.07) is 15.2. The molecule has 0 bridgehead atoms. The van der Waals surface area contributed by atoms with Gasteiger partial charge in [-0.2, -0.15) is 0 Å². The van der Waals surface area contributed by atoms with E-state index in [1.165, 1.54) is 0 Å². The van der Waals surface area contributed by atoms with Crippen molar-refractivity contribution >= 4 is 23.0 Å². The Labute approximate surface area is 163 Å². The molecule has 0 saturated heterocycles. The fourth-order valence-corrected chi connectivity index (χ4v) is 3.57. The van der Waals surface area contributed by atoms with E-state index in [2.05, 4.69) is 11.9 Å². The number of para-hydroxylation sites is 2. The summed E-state index contributed by atoms with van der Waals surface area (Å²) in [6.45, 7) is 5.64. The smallest absolute Gasteiger partial charge is 0.338 e. The fraction of sp³-hybridized carbons (Fsp3) is 0.182. The number of nitrogens with one attached hydrogen (secondary N) is 1.